The summed E-state index contributed by atoms with van der Waals surface area (Å²) in [5.74, 6) is -0.361. The van der Waals surface area contributed by atoms with Crippen molar-refractivity contribution in [1.29, 1.82) is 0 Å². The van der Waals surface area contributed by atoms with Crippen LogP contribution < -0.4 is 0 Å². The fourth-order valence-electron chi connectivity index (χ4n) is 0.739. The van der Waals surface area contributed by atoms with E-state index >= 15 is 0 Å². The first kappa shape index (κ1) is 10.3. The van der Waals surface area contributed by atoms with Crippen molar-refractivity contribution in [3.63, 3.8) is 0 Å². The summed E-state index contributed by atoms with van der Waals surface area (Å²) in [5, 5.41) is 9.16. The zero-order valence-corrected chi connectivity index (χ0v) is 8.33. The molecule has 0 aliphatic rings. The number of carbonyl (C=O) groups is 1. The number of alkyl halides is 2. The number of pyridine rings is 1. The summed E-state index contributed by atoms with van der Waals surface area (Å²) in [4.78, 5) is 13.6. The fourth-order valence-corrected chi connectivity index (χ4v) is 1.33. The molecule has 0 aliphatic carbocycles. The smallest absolute Gasteiger partial charge is 0.280 e. The number of hydrogen-bond acceptors (Lipinski definition) is 3. The van der Waals surface area contributed by atoms with Gasteiger partial charge in [0.1, 0.15) is 11.4 Å². The minimum Gasteiger partial charge on any atom is -0.505 e. The van der Waals surface area contributed by atoms with Gasteiger partial charge in [-0.2, -0.15) is 0 Å². The Balaban J connectivity index is 3.30. The molecule has 1 aromatic rings. The van der Waals surface area contributed by atoms with Crippen LogP contribution in [0.2, 0.25) is 0 Å². The summed E-state index contributed by atoms with van der Waals surface area (Å²) in [6.07, 6.45) is -2.50. The third-order valence-electron chi connectivity index (χ3n) is 1.33. The van der Waals surface area contributed by atoms with Crippen LogP contribution in [0.15, 0.2) is 6.07 Å². The Morgan fingerprint density at radius 3 is 2.69 bits per heavy atom. The molecule has 1 N–H and O–H groups in total. The highest BCUT2D eigenvalue weighted by atomic mass is 127. The van der Waals surface area contributed by atoms with E-state index in [0.717, 1.165) is 6.07 Å². The van der Waals surface area contributed by atoms with Gasteiger partial charge < -0.3 is 5.11 Å². The lowest BCUT2D eigenvalue weighted by molar-refractivity contribution is 0.111. The van der Waals surface area contributed by atoms with E-state index in [0.29, 0.717) is 0 Å². The molecule has 0 fully saturated rings. The van der Waals surface area contributed by atoms with E-state index in [9.17, 15) is 13.6 Å². The third kappa shape index (κ3) is 2.11. The van der Waals surface area contributed by atoms with E-state index in [4.69, 9.17) is 5.11 Å². The van der Waals surface area contributed by atoms with Gasteiger partial charge in [-0.1, -0.05) is 0 Å². The highest BCUT2D eigenvalue weighted by Crippen LogP contribution is 2.26. The van der Waals surface area contributed by atoms with E-state index < -0.39 is 12.1 Å². The van der Waals surface area contributed by atoms with Crippen LogP contribution in [0.3, 0.4) is 0 Å². The monoisotopic (exact) mass is 299 g/mol. The molecule has 70 valence electrons. The summed E-state index contributed by atoms with van der Waals surface area (Å²) in [6.45, 7) is 0. The Labute approximate surface area is 85.9 Å². The lowest BCUT2D eigenvalue weighted by atomic mass is 10.3. The van der Waals surface area contributed by atoms with Crippen molar-refractivity contribution < 1.29 is 18.7 Å². The van der Waals surface area contributed by atoms with Gasteiger partial charge in [-0.3, -0.25) is 4.79 Å². The van der Waals surface area contributed by atoms with E-state index in [1.165, 1.54) is 0 Å². The van der Waals surface area contributed by atoms with Gasteiger partial charge in [0.2, 0.25) is 0 Å². The van der Waals surface area contributed by atoms with Crippen LogP contribution >= 0.6 is 22.6 Å². The van der Waals surface area contributed by atoms with Crippen molar-refractivity contribution in [2.45, 2.75) is 6.43 Å². The van der Waals surface area contributed by atoms with Crippen molar-refractivity contribution in [2.24, 2.45) is 0 Å². The van der Waals surface area contributed by atoms with Crippen LogP contribution in [0.1, 0.15) is 22.6 Å². The van der Waals surface area contributed by atoms with E-state index in [1.54, 1.807) is 22.6 Å². The van der Waals surface area contributed by atoms with Gasteiger partial charge in [-0.15, -0.1) is 0 Å². The van der Waals surface area contributed by atoms with E-state index in [1.807, 2.05) is 0 Å². The number of aldehydes is 1. The average Bonchev–Trinajstić information content (AvgIpc) is 2.09. The van der Waals surface area contributed by atoms with Crippen LogP contribution in [0.25, 0.3) is 0 Å². The highest BCUT2D eigenvalue weighted by Gasteiger charge is 2.15. The lowest BCUT2D eigenvalue weighted by Crippen LogP contribution is -1.97. The quantitative estimate of drug-likeness (QED) is 0.672. The van der Waals surface area contributed by atoms with E-state index in [2.05, 4.69) is 4.98 Å². The maximum absolute atomic E-state index is 12.1. The Bertz CT molecular complexity index is 344. The molecule has 1 rings (SSSR count). The Kier molecular flexibility index (Phi) is 3.12. The van der Waals surface area contributed by atoms with Gasteiger partial charge in [0.25, 0.3) is 6.43 Å². The van der Waals surface area contributed by atoms with Crippen LogP contribution in [0.4, 0.5) is 8.78 Å². The normalized spacial score (nSPS) is 10.5. The van der Waals surface area contributed by atoms with Gasteiger partial charge in [-0.05, 0) is 28.7 Å². The molecule has 0 saturated heterocycles. The molecule has 1 heterocycles. The molecule has 3 nitrogen and oxygen atoms in total. The van der Waals surface area contributed by atoms with Crippen molar-refractivity contribution >= 4 is 28.9 Å². The first-order valence-electron chi connectivity index (χ1n) is 3.19. The number of aromatic hydroxyl groups is 1. The molecular weight excluding hydrogens is 295 g/mol. The second-order valence-corrected chi connectivity index (χ2v) is 3.34. The second kappa shape index (κ2) is 3.95. The number of aromatic nitrogens is 1. The number of hydrogen-bond donors (Lipinski definition) is 1. The van der Waals surface area contributed by atoms with Gasteiger partial charge in [0.15, 0.2) is 12.0 Å². The Morgan fingerprint density at radius 1 is 1.62 bits per heavy atom. The predicted octanol–water partition coefficient (Wildman–Crippen LogP) is 2.14. The predicted molar refractivity (Wildman–Crippen MR) is 49.0 cm³/mol. The maximum atomic E-state index is 12.1. The summed E-state index contributed by atoms with van der Waals surface area (Å²) >= 11 is 1.65. The molecule has 1 aromatic heterocycles. The highest BCUT2D eigenvalue weighted by molar-refractivity contribution is 14.1. The van der Waals surface area contributed by atoms with Gasteiger partial charge >= 0.3 is 0 Å². The molecule has 13 heavy (non-hydrogen) atoms. The molecule has 0 aromatic carbocycles. The first-order valence-corrected chi connectivity index (χ1v) is 4.27. The molecule has 0 aliphatic heterocycles. The molecule has 6 heteroatoms. The molecule has 0 saturated carbocycles. The van der Waals surface area contributed by atoms with Crippen LogP contribution in [0.5, 0.6) is 5.75 Å². The Morgan fingerprint density at radius 2 is 2.23 bits per heavy atom. The van der Waals surface area contributed by atoms with Crippen LogP contribution in [-0.4, -0.2) is 16.4 Å². The topological polar surface area (TPSA) is 50.2 Å². The lowest BCUT2D eigenvalue weighted by Gasteiger charge is -2.03. The molecule has 0 bridgehead atoms. The number of carbonyl (C=O) groups excluding carboxylic acids is 1. The third-order valence-corrected chi connectivity index (χ3v) is 2.15. The van der Waals surface area contributed by atoms with Crippen molar-refractivity contribution in [3.8, 4) is 5.75 Å². The van der Waals surface area contributed by atoms with Gasteiger partial charge in [0, 0.05) is 0 Å². The SMILES string of the molecule is O=Cc1nc(C(F)F)cc(I)c1O. The summed E-state index contributed by atoms with van der Waals surface area (Å²) in [5.41, 5.74) is -0.869. The minimum absolute atomic E-state index is 0.185. The summed E-state index contributed by atoms with van der Waals surface area (Å²) in [7, 11) is 0. The van der Waals surface area contributed by atoms with Crippen LogP contribution in [-0.2, 0) is 0 Å². The number of nitrogens with zero attached hydrogens (tertiary/aromatic N) is 1. The Hall–Kier alpha value is -0.790. The summed E-state index contributed by atoms with van der Waals surface area (Å²) in [6, 6.07) is 1.04. The van der Waals surface area contributed by atoms with Crippen molar-refractivity contribution in [3.05, 3.63) is 21.0 Å². The fraction of sp³-hybridized carbons (Fsp3) is 0.143. The number of halogens is 3. The van der Waals surface area contributed by atoms with Crippen molar-refractivity contribution in [1.82, 2.24) is 4.98 Å². The maximum Gasteiger partial charge on any atom is 0.280 e. The number of rotatable bonds is 2. The van der Waals surface area contributed by atoms with Gasteiger partial charge in [-0.25, -0.2) is 13.8 Å². The summed E-state index contributed by atoms with van der Waals surface area (Å²) < 4.78 is 24.4. The zero-order valence-electron chi connectivity index (χ0n) is 6.17. The van der Waals surface area contributed by atoms with E-state index in [-0.39, 0.29) is 21.3 Å². The largest absolute Gasteiger partial charge is 0.505 e. The standard InChI is InChI=1S/C7H4F2INO2/c8-7(9)4-1-3(10)6(13)5(2-12)11-4/h1-2,7,13H. The van der Waals surface area contributed by atoms with Crippen molar-refractivity contribution in [2.75, 3.05) is 0 Å². The zero-order chi connectivity index (χ0) is 10.0. The molecule has 0 radical (unpaired) electrons. The first-order chi connectivity index (χ1) is 6.06. The second-order valence-electron chi connectivity index (χ2n) is 2.18. The molecule has 0 unspecified atom stereocenters. The van der Waals surface area contributed by atoms with Gasteiger partial charge in [0.05, 0.1) is 3.57 Å². The molecule has 0 atom stereocenters. The van der Waals surface area contributed by atoms with Crippen LogP contribution in [0, 0.1) is 3.57 Å². The molecule has 0 amide bonds. The molecular formula is C7H4F2INO2. The minimum atomic E-state index is -2.74. The molecule has 0 spiro atoms. The average molecular weight is 299 g/mol.